The third-order valence-corrected chi connectivity index (χ3v) is 4.27. The normalized spacial score (nSPS) is 11.9. The van der Waals surface area contributed by atoms with E-state index in [0.29, 0.717) is 12.1 Å². The minimum Gasteiger partial charge on any atom is -0.314 e. The molecular formula is C11H14N4O4S. The smallest absolute Gasteiger partial charge is 0.297 e. The number of nitro groups is 1. The van der Waals surface area contributed by atoms with Crippen LogP contribution < -0.4 is 4.72 Å². The Kier molecular flexibility index (Phi) is 3.73. The van der Waals surface area contributed by atoms with Crippen LogP contribution >= 0.6 is 0 Å². The van der Waals surface area contributed by atoms with Gasteiger partial charge in [-0.05, 0) is 13.0 Å². The molecule has 0 saturated heterocycles. The van der Waals surface area contributed by atoms with Crippen molar-refractivity contribution >= 4 is 26.7 Å². The highest BCUT2D eigenvalue weighted by atomic mass is 32.2. The summed E-state index contributed by atoms with van der Waals surface area (Å²) in [5.74, 6) is 0. The molecule has 0 aliphatic rings. The van der Waals surface area contributed by atoms with Crippen LogP contribution in [0, 0.1) is 10.1 Å². The third kappa shape index (κ3) is 2.25. The first-order valence-corrected chi connectivity index (χ1v) is 7.54. The molecule has 1 aromatic carbocycles. The first-order chi connectivity index (χ1) is 9.42. The molecule has 1 heterocycles. The highest BCUT2D eigenvalue weighted by Gasteiger charge is 2.26. The van der Waals surface area contributed by atoms with E-state index in [1.54, 1.807) is 19.9 Å². The van der Waals surface area contributed by atoms with Crippen LogP contribution in [-0.2, 0) is 16.6 Å². The van der Waals surface area contributed by atoms with Gasteiger partial charge in [0.15, 0.2) is 5.52 Å². The summed E-state index contributed by atoms with van der Waals surface area (Å²) in [6, 6.07) is 4.43. The Morgan fingerprint density at radius 2 is 2.10 bits per heavy atom. The third-order valence-electron chi connectivity index (χ3n) is 2.81. The number of rotatable bonds is 5. The Hall–Kier alpha value is -2.00. The second-order valence-electron chi connectivity index (χ2n) is 4.04. The monoisotopic (exact) mass is 298 g/mol. The Balaban J connectivity index is 2.81. The fourth-order valence-electron chi connectivity index (χ4n) is 2.02. The van der Waals surface area contributed by atoms with Crippen molar-refractivity contribution in [1.29, 1.82) is 0 Å². The molecule has 0 spiro atoms. The largest absolute Gasteiger partial charge is 0.314 e. The molecule has 108 valence electrons. The van der Waals surface area contributed by atoms with Crippen molar-refractivity contribution in [2.24, 2.45) is 0 Å². The number of hydrogen-bond donors (Lipinski definition) is 1. The predicted molar refractivity (Wildman–Crippen MR) is 72.9 cm³/mol. The van der Waals surface area contributed by atoms with Crippen molar-refractivity contribution in [3.63, 3.8) is 0 Å². The van der Waals surface area contributed by atoms with E-state index in [-0.39, 0.29) is 22.9 Å². The van der Waals surface area contributed by atoms with Crippen molar-refractivity contribution in [3.05, 3.63) is 28.3 Å². The standard InChI is InChI=1S/C11H14N4O4S/c1-3-12-20(18,19)11-13-10-8(14(11)4-2)6-5-7-9(10)15(16)17/h5-7,12H,3-4H2,1-2H3. The van der Waals surface area contributed by atoms with Crippen molar-refractivity contribution in [2.45, 2.75) is 25.5 Å². The summed E-state index contributed by atoms with van der Waals surface area (Å²) in [6.07, 6.45) is 0. The predicted octanol–water partition coefficient (Wildman–Crippen LogP) is 1.26. The molecule has 0 radical (unpaired) electrons. The van der Waals surface area contributed by atoms with Gasteiger partial charge in [-0.25, -0.2) is 18.1 Å². The second-order valence-corrected chi connectivity index (χ2v) is 5.70. The summed E-state index contributed by atoms with van der Waals surface area (Å²) in [4.78, 5) is 14.4. The number of nitrogens with zero attached hydrogens (tertiary/aromatic N) is 3. The van der Waals surface area contributed by atoms with E-state index in [1.165, 1.54) is 16.7 Å². The quantitative estimate of drug-likeness (QED) is 0.660. The molecule has 2 rings (SSSR count). The summed E-state index contributed by atoms with van der Waals surface area (Å²) < 4.78 is 28.0. The van der Waals surface area contributed by atoms with Crippen molar-refractivity contribution in [1.82, 2.24) is 14.3 Å². The fraction of sp³-hybridized carbons (Fsp3) is 0.364. The van der Waals surface area contributed by atoms with Gasteiger partial charge in [0.2, 0.25) is 5.16 Å². The van der Waals surface area contributed by atoms with E-state index in [9.17, 15) is 18.5 Å². The van der Waals surface area contributed by atoms with Crippen LogP contribution in [0.1, 0.15) is 13.8 Å². The summed E-state index contributed by atoms with van der Waals surface area (Å²) in [5.41, 5.74) is 0.302. The summed E-state index contributed by atoms with van der Waals surface area (Å²) in [7, 11) is -3.78. The molecule has 0 unspecified atom stereocenters. The molecular weight excluding hydrogens is 284 g/mol. The highest BCUT2D eigenvalue weighted by molar-refractivity contribution is 7.89. The number of imidazole rings is 1. The van der Waals surface area contributed by atoms with Gasteiger partial charge in [0.25, 0.3) is 15.7 Å². The van der Waals surface area contributed by atoms with E-state index < -0.39 is 14.9 Å². The number of sulfonamides is 1. The zero-order valence-electron chi connectivity index (χ0n) is 11.0. The number of non-ortho nitro benzene ring substituents is 1. The van der Waals surface area contributed by atoms with Crippen LogP contribution in [0.2, 0.25) is 0 Å². The second kappa shape index (κ2) is 5.17. The maximum Gasteiger partial charge on any atom is 0.297 e. The minimum atomic E-state index is -3.78. The number of benzene rings is 1. The molecule has 2 aromatic rings. The number of aryl methyl sites for hydroxylation is 1. The molecule has 0 aliphatic carbocycles. The molecule has 8 nitrogen and oxygen atoms in total. The van der Waals surface area contributed by atoms with Crippen molar-refractivity contribution in [3.8, 4) is 0 Å². The van der Waals surface area contributed by atoms with Crippen LogP contribution in [0.3, 0.4) is 0 Å². The lowest BCUT2D eigenvalue weighted by atomic mass is 10.2. The molecule has 0 saturated carbocycles. The Morgan fingerprint density at radius 1 is 1.40 bits per heavy atom. The molecule has 1 N–H and O–H groups in total. The van der Waals surface area contributed by atoms with E-state index in [1.807, 2.05) is 0 Å². The molecule has 0 amide bonds. The average molecular weight is 298 g/mol. The van der Waals surface area contributed by atoms with Gasteiger partial charge in [0.05, 0.1) is 10.4 Å². The minimum absolute atomic E-state index is 0.0795. The van der Waals surface area contributed by atoms with Gasteiger partial charge < -0.3 is 4.57 Å². The summed E-state index contributed by atoms with van der Waals surface area (Å²) in [5, 5.41) is 10.8. The first kappa shape index (κ1) is 14.4. The molecule has 1 aromatic heterocycles. The van der Waals surface area contributed by atoms with E-state index in [2.05, 4.69) is 9.71 Å². The number of hydrogen-bond acceptors (Lipinski definition) is 5. The summed E-state index contributed by atoms with van der Waals surface area (Å²) >= 11 is 0. The van der Waals surface area contributed by atoms with Crippen LogP contribution in [0.5, 0.6) is 0 Å². The van der Waals surface area contributed by atoms with Crippen molar-refractivity contribution in [2.75, 3.05) is 6.54 Å². The summed E-state index contributed by atoms with van der Waals surface area (Å²) in [6.45, 7) is 3.97. The van der Waals surface area contributed by atoms with Gasteiger partial charge in [-0.15, -0.1) is 0 Å². The Morgan fingerprint density at radius 3 is 2.65 bits per heavy atom. The first-order valence-electron chi connectivity index (χ1n) is 6.05. The van der Waals surface area contributed by atoms with E-state index >= 15 is 0 Å². The van der Waals surface area contributed by atoms with Crippen LogP contribution in [0.15, 0.2) is 23.4 Å². The molecule has 0 bridgehead atoms. The van der Waals surface area contributed by atoms with Gasteiger partial charge in [-0.1, -0.05) is 13.0 Å². The van der Waals surface area contributed by atoms with Crippen LogP contribution in [0.25, 0.3) is 11.0 Å². The topological polar surface area (TPSA) is 107 Å². The number of nitrogens with one attached hydrogen (secondary N) is 1. The molecule has 0 atom stereocenters. The Labute approximate surface area is 115 Å². The lowest BCUT2D eigenvalue weighted by Crippen LogP contribution is -2.26. The van der Waals surface area contributed by atoms with Gasteiger partial charge in [-0.2, -0.15) is 0 Å². The van der Waals surface area contributed by atoms with Crippen LogP contribution in [-0.4, -0.2) is 29.4 Å². The van der Waals surface area contributed by atoms with E-state index in [0.717, 1.165) is 0 Å². The number of para-hydroxylation sites is 1. The number of fused-ring (bicyclic) bond motifs is 1. The maximum atomic E-state index is 12.1. The Bertz CT molecular complexity index is 766. The van der Waals surface area contributed by atoms with E-state index in [4.69, 9.17) is 0 Å². The number of aromatic nitrogens is 2. The highest BCUT2D eigenvalue weighted by Crippen LogP contribution is 2.27. The lowest BCUT2D eigenvalue weighted by Gasteiger charge is -2.06. The SMILES string of the molecule is CCNS(=O)(=O)c1nc2c([N+](=O)[O-])cccc2n1CC. The zero-order chi connectivity index (χ0) is 14.9. The molecule has 20 heavy (non-hydrogen) atoms. The number of nitro benzene ring substituents is 1. The van der Waals surface area contributed by atoms with Gasteiger partial charge in [0.1, 0.15) is 0 Å². The van der Waals surface area contributed by atoms with Gasteiger partial charge in [0, 0.05) is 19.2 Å². The fourth-order valence-corrected chi connectivity index (χ4v) is 3.26. The molecule has 9 heteroatoms. The van der Waals surface area contributed by atoms with Crippen LogP contribution in [0.4, 0.5) is 5.69 Å². The maximum absolute atomic E-state index is 12.1. The zero-order valence-corrected chi connectivity index (χ0v) is 11.8. The van der Waals surface area contributed by atoms with Gasteiger partial charge in [-0.3, -0.25) is 10.1 Å². The van der Waals surface area contributed by atoms with Crippen molar-refractivity contribution < 1.29 is 13.3 Å². The lowest BCUT2D eigenvalue weighted by molar-refractivity contribution is -0.383. The van der Waals surface area contributed by atoms with Gasteiger partial charge >= 0.3 is 0 Å². The molecule has 0 fully saturated rings. The molecule has 0 aliphatic heterocycles. The average Bonchev–Trinajstić information content (AvgIpc) is 2.77.